The monoisotopic (exact) mass is 247 g/mol. The van der Waals surface area contributed by atoms with Crippen LogP contribution < -0.4 is 5.32 Å². The zero-order valence-corrected chi connectivity index (χ0v) is 11.0. The number of rotatable bonds is 5. The minimum absolute atomic E-state index is 0.00608. The van der Waals surface area contributed by atoms with Crippen LogP contribution in [0.1, 0.15) is 31.7 Å². The van der Waals surface area contributed by atoms with E-state index in [1.54, 1.807) is 0 Å². The fraction of sp³-hybridized carbons (Fsp3) is 0.533. The van der Waals surface area contributed by atoms with Crippen molar-refractivity contribution in [2.75, 3.05) is 6.61 Å². The first kappa shape index (κ1) is 13.1. The number of nitrogens with one attached hydrogen (secondary N) is 1. The molecule has 0 radical (unpaired) electrons. The van der Waals surface area contributed by atoms with Crippen molar-refractivity contribution in [2.24, 2.45) is 11.8 Å². The number of aliphatic hydroxyl groups excluding tert-OH is 1. The average Bonchev–Trinajstić information content (AvgIpc) is 3.16. The lowest BCUT2D eigenvalue weighted by Gasteiger charge is -2.19. The maximum atomic E-state index is 12.0. The van der Waals surface area contributed by atoms with E-state index in [9.17, 15) is 9.90 Å². The summed E-state index contributed by atoms with van der Waals surface area (Å²) in [7, 11) is 0. The Labute approximate surface area is 108 Å². The molecule has 1 amide bonds. The maximum Gasteiger partial charge on any atom is 0.224 e. The van der Waals surface area contributed by atoms with Crippen LogP contribution in [0.2, 0.25) is 0 Å². The van der Waals surface area contributed by atoms with Crippen LogP contribution >= 0.6 is 0 Å². The largest absolute Gasteiger partial charge is 0.394 e. The number of hydrogen-bond acceptors (Lipinski definition) is 2. The first-order chi connectivity index (χ1) is 8.63. The first-order valence-electron chi connectivity index (χ1n) is 6.59. The summed E-state index contributed by atoms with van der Waals surface area (Å²) >= 11 is 0. The first-order valence-corrected chi connectivity index (χ1v) is 6.59. The summed E-state index contributed by atoms with van der Waals surface area (Å²) in [6.45, 7) is 4.01. The summed E-state index contributed by atoms with van der Waals surface area (Å²) < 4.78 is 0. The molecule has 1 aromatic rings. The summed E-state index contributed by atoms with van der Waals surface area (Å²) in [5.74, 6) is 0.780. The predicted molar refractivity (Wildman–Crippen MR) is 71.1 cm³/mol. The summed E-state index contributed by atoms with van der Waals surface area (Å²) in [5, 5.41) is 12.2. The topological polar surface area (TPSA) is 49.3 Å². The zero-order valence-electron chi connectivity index (χ0n) is 11.0. The number of carbonyl (C=O) groups is 1. The maximum absolute atomic E-state index is 12.0. The van der Waals surface area contributed by atoms with Crippen molar-refractivity contribution in [1.29, 1.82) is 0 Å². The molecule has 0 aromatic heterocycles. The molecule has 1 saturated carbocycles. The molecule has 2 N–H and O–H groups in total. The highest BCUT2D eigenvalue weighted by Gasteiger charge is 2.44. The lowest BCUT2D eigenvalue weighted by atomic mass is 10.0. The second-order valence-electron chi connectivity index (χ2n) is 5.40. The molecule has 0 bridgehead atoms. The highest BCUT2D eigenvalue weighted by atomic mass is 16.3. The van der Waals surface area contributed by atoms with Gasteiger partial charge in [0, 0.05) is 5.92 Å². The van der Waals surface area contributed by atoms with Gasteiger partial charge in [0.05, 0.1) is 12.6 Å². The van der Waals surface area contributed by atoms with E-state index in [-0.39, 0.29) is 30.4 Å². The van der Waals surface area contributed by atoms with E-state index in [4.69, 9.17) is 0 Å². The Hall–Kier alpha value is -1.35. The molecule has 98 valence electrons. The van der Waals surface area contributed by atoms with Crippen molar-refractivity contribution in [2.45, 2.75) is 32.2 Å². The quantitative estimate of drug-likeness (QED) is 0.835. The Morgan fingerprint density at radius 3 is 2.61 bits per heavy atom. The van der Waals surface area contributed by atoms with Gasteiger partial charge in [0.1, 0.15) is 0 Å². The molecule has 3 nitrogen and oxygen atoms in total. The SMILES string of the molecule is CC(C)C(CO)NC(=O)C1CC1c1ccccc1. The molecular weight excluding hydrogens is 226 g/mol. The second-order valence-corrected chi connectivity index (χ2v) is 5.40. The molecule has 2 rings (SSSR count). The minimum Gasteiger partial charge on any atom is -0.394 e. The van der Waals surface area contributed by atoms with E-state index in [0.717, 1.165) is 6.42 Å². The van der Waals surface area contributed by atoms with E-state index >= 15 is 0 Å². The molecule has 0 spiro atoms. The molecule has 3 heteroatoms. The van der Waals surface area contributed by atoms with Crippen molar-refractivity contribution in [1.82, 2.24) is 5.32 Å². The summed E-state index contributed by atoms with van der Waals surface area (Å²) in [5.41, 5.74) is 1.24. The van der Waals surface area contributed by atoms with Gasteiger partial charge in [0.15, 0.2) is 0 Å². The number of aliphatic hydroxyl groups is 1. The highest BCUT2D eigenvalue weighted by molar-refractivity contribution is 5.83. The lowest BCUT2D eigenvalue weighted by Crippen LogP contribution is -2.42. The van der Waals surface area contributed by atoms with Gasteiger partial charge < -0.3 is 10.4 Å². The molecule has 1 fully saturated rings. The van der Waals surface area contributed by atoms with Crippen molar-refractivity contribution >= 4 is 5.91 Å². The van der Waals surface area contributed by atoms with Crippen LogP contribution in [0.25, 0.3) is 0 Å². The third-order valence-electron chi connectivity index (χ3n) is 3.68. The molecule has 18 heavy (non-hydrogen) atoms. The van der Waals surface area contributed by atoms with Gasteiger partial charge >= 0.3 is 0 Å². The van der Waals surface area contributed by atoms with Gasteiger partial charge in [-0.3, -0.25) is 4.79 Å². The molecule has 1 aliphatic rings. The van der Waals surface area contributed by atoms with Crippen LogP contribution in [-0.2, 0) is 4.79 Å². The van der Waals surface area contributed by atoms with Crippen LogP contribution in [0.5, 0.6) is 0 Å². The molecular formula is C15H21NO2. The van der Waals surface area contributed by atoms with E-state index in [2.05, 4.69) is 17.4 Å². The number of hydrogen-bond donors (Lipinski definition) is 2. The Morgan fingerprint density at radius 1 is 1.39 bits per heavy atom. The zero-order chi connectivity index (χ0) is 13.1. The van der Waals surface area contributed by atoms with Crippen LogP contribution in [0.3, 0.4) is 0 Å². The molecule has 0 saturated heterocycles. The van der Waals surface area contributed by atoms with Gasteiger partial charge in [-0.2, -0.15) is 0 Å². The minimum atomic E-state index is -0.130. The molecule has 0 heterocycles. The van der Waals surface area contributed by atoms with Crippen LogP contribution in [-0.4, -0.2) is 23.7 Å². The van der Waals surface area contributed by atoms with E-state index in [1.165, 1.54) is 5.56 Å². The predicted octanol–water partition coefficient (Wildman–Crippen LogP) is 1.92. The summed E-state index contributed by atoms with van der Waals surface area (Å²) in [6, 6.07) is 10.0. The fourth-order valence-electron chi connectivity index (χ4n) is 2.27. The van der Waals surface area contributed by atoms with Gasteiger partial charge in [-0.15, -0.1) is 0 Å². The summed E-state index contributed by atoms with van der Waals surface area (Å²) in [4.78, 5) is 12.0. The number of benzene rings is 1. The third kappa shape index (κ3) is 2.91. The van der Waals surface area contributed by atoms with Gasteiger partial charge in [0.2, 0.25) is 5.91 Å². The third-order valence-corrected chi connectivity index (χ3v) is 3.68. The van der Waals surface area contributed by atoms with Crippen molar-refractivity contribution < 1.29 is 9.90 Å². The van der Waals surface area contributed by atoms with Gasteiger partial charge in [0.25, 0.3) is 0 Å². The number of amides is 1. The molecule has 1 aliphatic carbocycles. The van der Waals surface area contributed by atoms with Gasteiger partial charge in [-0.05, 0) is 23.8 Å². The highest BCUT2D eigenvalue weighted by Crippen LogP contribution is 2.47. The van der Waals surface area contributed by atoms with Crippen LogP contribution in [0.15, 0.2) is 30.3 Å². The Balaban J connectivity index is 1.90. The van der Waals surface area contributed by atoms with Crippen LogP contribution in [0, 0.1) is 11.8 Å². The Bertz CT molecular complexity index is 402. The molecule has 3 unspecified atom stereocenters. The van der Waals surface area contributed by atoms with Gasteiger partial charge in [-0.1, -0.05) is 44.2 Å². The Kier molecular flexibility index (Phi) is 4.02. The lowest BCUT2D eigenvalue weighted by molar-refractivity contribution is -0.123. The molecule has 1 aromatic carbocycles. The van der Waals surface area contributed by atoms with E-state index in [0.29, 0.717) is 5.92 Å². The van der Waals surface area contributed by atoms with E-state index < -0.39 is 0 Å². The van der Waals surface area contributed by atoms with E-state index in [1.807, 2.05) is 32.0 Å². The summed E-state index contributed by atoms with van der Waals surface area (Å²) in [6.07, 6.45) is 0.923. The standard InChI is InChI=1S/C15H21NO2/c1-10(2)14(9-17)16-15(18)13-8-12(13)11-6-4-3-5-7-11/h3-7,10,12-14,17H,8-9H2,1-2H3,(H,16,18). The van der Waals surface area contributed by atoms with Crippen molar-refractivity contribution in [3.63, 3.8) is 0 Å². The average molecular weight is 247 g/mol. The smallest absolute Gasteiger partial charge is 0.224 e. The number of carbonyl (C=O) groups excluding carboxylic acids is 1. The molecule has 0 aliphatic heterocycles. The fourth-order valence-corrected chi connectivity index (χ4v) is 2.27. The second kappa shape index (κ2) is 5.53. The molecule has 3 atom stereocenters. The van der Waals surface area contributed by atoms with Crippen LogP contribution in [0.4, 0.5) is 0 Å². The Morgan fingerprint density at radius 2 is 2.06 bits per heavy atom. The van der Waals surface area contributed by atoms with Crippen molar-refractivity contribution in [3.05, 3.63) is 35.9 Å². The van der Waals surface area contributed by atoms with Crippen molar-refractivity contribution in [3.8, 4) is 0 Å². The normalized spacial score (nSPS) is 23.8. The van der Waals surface area contributed by atoms with Gasteiger partial charge in [-0.25, -0.2) is 0 Å².